The third kappa shape index (κ3) is 4.12. The van der Waals surface area contributed by atoms with Gasteiger partial charge in [0.1, 0.15) is 11.6 Å². The van der Waals surface area contributed by atoms with Gasteiger partial charge < -0.3 is 5.32 Å². The van der Waals surface area contributed by atoms with Crippen molar-refractivity contribution < 1.29 is 13.6 Å². The molecule has 0 saturated heterocycles. The highest BCUT2D eigenvalue weighted by Gasteiger charge is 2.45. The largest absolute Gasteiger partial charge is 0.345 e. The first-order chi connectivity index (χ1) is 15.5. The van der Waals surface area contributed by atoms with Crippen molar-refractivity contribution in [1.82, 2.24) is 25.1 Å². The lowest BCUT2D eigenvalue weighted by Gasteiger charge is -2.18. The summed E-state index contributed by atoms with van der Waals surface area (Å²) >= 11 is 0. The number of amides is 1. The molecule has 8 heteroatoms. The number of nitrogens with one attached hydrogen (secondary N) is 1. The molecule has 1 amide bonds. The Labute approximate surface area is 183 Å². The number of benzene rings is 2. The van der Waals surface area contributed by atoms with E-state index in [2.05, 4.69) is 20.4 Å². The Kier molecular flexibility index (Phi) is 4.97. The number of hydrogen-bond donors (Lipinski definition) is 1. The Bertz CT molecular complexity index is 1270. The summed E-state index contributed by atoms with van der Waals surface area (Å²) in [5.41, 5.74) is 1.93. The van der Waals surface area contributed by atoms with Crippen molar-refractivity contribution >= 4 is 5.91 Å². The van der Waals surface area contributed by atoms with Gasteiger partial charge in [0.2, 0.25) is 0 Å². The van der Waals surface area contributed by atoms with E-state index in [1.165, 1.54) is 30.3 Å². The van der Waals surface area contributed by atoms with Gasteiger partial charge in [-0.2, -0.15) is 5.10 Å². The summed E-state index contributed by atoms with van der Waals surface area (Å²) in [7, 11) is 0. The van der Waals surface area contributed by atoms with E-state index in [1.54, 1.807) is 41.5 Å². The van der Waals surface area contributed by atoms with Crippen LogP contribution in [0, 0.1) is 11.6 Å². The van der Waals surface area contributed by atoms with Crippen molar-refractivity contribution in [1.29, 1.82) is 0 Å². The number of carbonyl (C=O) groups is 1. The second kappa shape index (κ2) is 7.96. The molecule has 6 nitrogen and oxygen atoms in total. The van der Waals surface area contributed by atoms with E-state index in [9.17, 15) is 13.6 Å². The molecule has 2 heterocycles. The van der Waals surface area contributed by atoms with Gasteiger partial charge in [-0.3, -0.25) is 9.48 Å². The van der Waals surface area contributed by atoms with E-state index in [-0.39, 0.29) is 17.3 Å². The number of hydrogen-bond acceptors (Lipinski definition) is 4. The van der Waals surface area contributed by atoms with Crippen molar-refractivity contribution in [3.8, 4) is 22.5 Å². The predicted molar refractivity (Wildman–Crippen MR) is 114 cm³/mol. The van der Waals surface area contributed by atoms with Crippen LogP contribution in [-0.2, 0) is 6.54 Å². The summed E-state index contributed by atoms with van der Waals surface area (Å²) in [6, 6.07) is 11.9. The summed E-state index contributed by atoms with van der Waals surface area (Å²) in [4.78, 5) is 21.5. The maximum atomic E-state index is 13.9. The van der Waals surface area contributed by atoms with E-state index in [0.29, 0.717) is 17.9 Å². The summed E-state index contributed by atoms with van der Waals surface area (Å²) in [6.45, 7) is 0.479. The molecule has 1 saturated carbocycles. The summed E-state index contributed by atoms with van der Waals surface area (Å²) in [5.74, 6) is -0.817. The molecule has 0 aliphatic heterocycles. The molecular weight excluding hydrogens is 412 g/mol. The van der Waals surface area contributed by atoms with Crippen molar-refractivity contribution in [2.24, 2.45) is 0 Å². The Morgan fingerprint density at radius 1 is 1.00 bits per heavy atom. The van der Waals surface area contributed by atoms with Crippen LogP contribution in [0.25, 0.3) is 22.5 Å². The number of nitrogens with zero attached hydrogens (tertiary/aromatic N) is 4. The predicted octanol–water partition coefficient (Wildman–Crippen LogP) is 4.25. The molecule has 1 fully saturated rings. The molecular formula is C24H19F2N5O. The lowest BCUT2D eigenvalue weighted by atomic mass is 10.0. The van der Waals surface area contributed by atoms with Gasteiger partial charge in [0.05, 0.1) is 23.8 Å². The highest BCUT2D eigenvalue weighted by Crippen LogP contribution is 2.38. The molecule has 160 valence electrons. The zero-order valence-electron chi connectivity index (χ0n) is 17.0. The van der Waals surface area contributed by atoms with E-state index in [0.717, 1.165) is 24.0 Å². The van der Waals surface area contributed by atoms with E-state index in [1.807, 2.05) is 6.20 Å². The van der Waals surface area contributed by atoms with Gasteiger partial charge in [-0.15, -0.1) is 0 Å². The monoisotopic (exact) mass is 431 g/mol. The zero-order chi connectivity index (χ0) is 22.1. The van der Waals surface area contributed by atoms with Crippen LogP contribution in [0.15, 0.2) is 73.3 Å². The van der Waals surface area contributed by atoms with Gasteiger partial charge >= 0.3 is 0 Å². The molecule has 0 spiro atoms. The van der Waals surface area contributed by atoms with Gasteiger partial charge in [0.15, 0.2) is 5.82 Å². The van der Waals surface area contributed by atoms with Gasteiger partial charge in [-0.1, -0.05) is 12.1 Å². The van der Waals surface area contributed by atoms with Crippen LogP contribution in [0.1, 0.15) is 23.2 Å². The number of aromatic nitrogens is 4. The van der Waals surface area contributed by atoms with Gasteiger partial charge in [-0.05, 0) is 54.8 Å². The van der Waals surface area contributed by atoms with Crippen molar-refractivity contribution in [2.45, 2.75) is 24.9 Å². The van der Waals surface area contributed by atoms with Gasteiger partial charge in [0, 0.05) is 29.7 Å². The van der Waals surface area contributed by atoms with E-state index < -0.39 is 11.4 Å². The Hall–Kier alpha value is -3.94. The standard InChI is InChI=1S/C24H19F2N5O/c25-18-4-2-16(3-5-18)17-13-29-31(14-17)15-24(8-9-24)30-23(32)21-12-19(26)6-7-20(21)22-27-10-1-11-28-22/h1-7,10-14H,8-9,15H2,(H,30,32). The third-order valence-corrected chi connectivity index (χ3v) is 5.54. The molecule has 4 aromatic rings. The smallest absolute Gasteiger partial charge is 0.252 e. The topological polar surface area (TPSA) is 72.7 Å². The van der Waals surface area contributed by atoms with E-state index >= 15 is 0 Å². The second-order valence-corrected chi connectivity index (χ2v) is 7.93. The minimum absolute atomic E-state index is 0.190. The first-order valence-corrected chi connectivity index (χ1v) is 10.2. The normalized spacial score (nSPS) is 14.2. The molecule has 1 N–H and O–H groups in total. The van der Waals surface area contributed by atoms with Crippen LogP contribution < -0.4 is 5.32 Å². The fourth-order valence-electron chi connectivity index (χ4n) is 3.67. The summed E-state index contributed by atoms with van der Waals surface area (Å²) < 4.78 is 28.9. The van der Waals surface area contributed by atoms with Crippen molar-refractivity contribution in [3.63, 3.8) is 0 Å². The van der Waals surface area contributed by atoms with Gasteiger partial charge in [0.25, 0.3) is 5.91 Å². The molecule has 0 atom stereocenters. The average Bonchev–Trinajstić information content (AvgIpc) is 3.39. The first kappa shape index (κ1) is 20.0. The minimum Gasteiger partial charge on any atom is -0.345 e. The Morgan fingerprint density at radius 2 is 1.72 bits per heavy atom. The first-order valence-electron chi connectivity index (χ1n) is 10.2. The molecule has 5 rings (SSSR count). The molecule has 0 unspecified atom stereocenters. The second-order valence-electron chi connectivity index (χ2n) is 7.93. The number of halogens is 2. The van der Waals surface area contributed by atoms with Crippen LogP contribution in [0.5, 0.6) is 0 Å². The van der Waals surface area contributed by atoms with Crippen molar-refractivity contribution in [2.75, 3.05) is 0 Å². The molecule has 1 aliphatic rings. The lowest BCUT2D eigenvalue weighted by molar-refractivity contribution is 0.0926. The molecule has 0 bridgehead atoms. The SMILES string of the molecule is O=C(NC1(Cn2cc(-c3ccc(F)cc3)cn2)CC1)c1cc(F)ccc1-c1ncccn1. The number of carbonyl (C=O) groups excluding carboxylic acids is 1. The van der Waals surface area contributed by atoms with Crippen LogP contribution >= 0.6 is 0 Å². The zero-order valence-corrected chi connectivity index (χ0v) is 17.0. The minimum atomic E-state index is -0.504. The highest BCUT2D eigenvalue weighted by atomic mass is 19.1. The molecule has 32 heavy (non-hydrogen) atoms. The fourth-order valence-corrected chi connectivity index (χ4v) is 3.67. The third-order valence-electron chi connectivity index (χ3n) is 5.54. The number of rotatable bonds is 6. The molecule has 1 aliphatic carbocycles. The quantitative estimate of drug-likeness (QED) is 0.496. The lowest BCUT2D eigenvalue weighted by Crippen LogP contribution is -2.40. The average molecular weight is 431 g/mol. The maximum Gasteiger partial charge on any atom is 0.252 e. The van der Waals surface area contributed by atoms with Crippen LogP contribution in [0.3, 0.4) is 0 Å². The van der Waals surface area contributed by atoms with Crippen molar-refractivity contribution in [3.05, 3.63) is 90.5 Å². The Balaban J connectivity index is 1.35. The summed E-state index contributed by atoms with van der Waals surface area (Å²) in [6.07, 6.45) is 8.31. The van der Waals surface area contributed by atoms with Gasteiger partial charge in [-0.25, -0.2) is 18.7 Å². The summed E-state index contributed by atoms with van der Waals surface area (Å²) in [5, 5.41) is 7.45. The molecule has 2 aromatic heterocycles. The van der Waals surface area contributed by atoms with Crippen LogP contribution in [0.2, 0.25) is 0 Å². The fraction of sp³-hybridized carbons (Fsp3) is 0.167. The van der Waals surface area contributed by atoms with Crippen LogP contribution in [0.4, 0.5) is 8.78 Å². The molecule has 0 radical (unpaired) electrons. The highest BCUT2D eigenvalue weighted by molar-refractivity contribution is 6.00. The molecule has 2 aromatic carbocycles. The Morgan fingerprint density at radius 3 is 2.44 bits per heavy atom. The maximum absolute atomic E-state index is 13.9. The van der Waals surface area contributed by atoms with E-state index in [4.69, 9.17) is 0 Å². The van der Waals surface area contributed by atoms with Crippen LogP contribution in [-0.4, -0.2) is 31.2 Å².